The topological polar surface area (TPSA) is 59.6 Å². The van der Waals surface area contributed by atoms with Gasteiger partial charge in [0.2, 0.25) is 0 Å². The van der Waals surface area contributed by atoms with Crippen LogP contribution >= 0.6 is 12.2 Å². The molecule has 1 atom stereocenters. The van der Waals surface area contributed by atoms with E-state index in [9.17, 15) is 4.79 Å². The van der Waals surface area contributed by atoms with E-state index >= 15 is 0 Å². The summed E-state index contributed by atoms with van der Waals surface area (Å²) in [5.41, 5.74) is 2.32. The Kier molecular flexibility index (Phi) is 8.01. The van der Waals surface area contributed by atoms with Crippen molar-refractivity contribution in [2.45, 2.75) is 33.0 Å². The minimum absolute atomic E-state index is 0.129. The van der Waals surface area contributed by atoms with E-state index in [4.69, 9.17) is 21.7 Å². The van der Waals surface area contributed by atoms with Crippen LogP contribution in [-0.2, 0) is 6.61 Å². The van der Waals surface area contributed by atoms with Gasteiger partial charge in [-0.1, -0.05) is 43.3 Å². The Morgan fingerprint density at radius 1 is 0.968 bits per heavy atom. The lowest BCUT2D eigenvalue weighted by atomic mass is 10.2. The van der Waals surface area contributed by atoms with Gasteiger partial charge in [0.05, 0.1) is 6.10 Å². The van der Waals surface area contributed by atoms with E-state index in [-0.39, 0.29) is 17.1 Å². The second-order valence-corrected chi connectivity index (χ2v) is 7.48. The van der Waals surface area contributed by atoms with Gasteiger partial charge in [-0.3, -0.25) is 10.1 Å². The smallest absolute Gasteiger partial charge is 0.257 e. The molecule has 6 heteroatoms. The number of ether oxygens (including phenoxy) is 2. The Balaban J connectivity index is 1.52. The zero-order valence-corrected chi connectivity index (χ0v) is 18.4. The summed E-state index contributed by atoms with van der Waals surface area (Å²) < 4.78 is 11.6. The number of rotatable bonds is 8. The summed E-state index contributed by atoms with van der Waals surface area (Å²) in [6.45, 7) is 4.54. The van der Waals surface area contributed by atoms with Gasteiger partial charge in [-0.2, -0.15) is 0 Å². The van der Waals surface area contributed by atoms with Crippen molar-refractivity contribution in [1.29, 1.82) is 0 Å². The van der Waals surface area contributed by atoms with Gasteiger partial charge in [-0.25, -0.2) is 0 Å². The Morgan fingerprint density at radius 3 is 2.42 bits per heavy atom. The monoisotopic (exact) mass is 434 g/mol. The fourth-order valence-corrected chi connectivity index (χ4v) is 2.95. The molecule has 0 radical (unpaired) electrons. The number of hydrogen-bond acceptors (Lipinski definition) is 4. The van der Waals surface area contributed by atoms with Crippen LogP contribution < -0.4 is 20.1 Å². The molecule has 1 amide bonds. The number of carbonyl (C=O) groups is 1. The first-order chi connectivity index (χ1) is 15.0. The summed E-state index contributed by atoms with van der Waals surface area (Å²) in [6.07, 6.45) is 1.05. The van der Waals surface area contributed by atoms with Gasteiger partial charge in [0.25, 0.3) is 5.91 Å². The molecule has 3 aromatic rings. The molecule has 0 heterocycles. The molecule has 0 fully saturated rings. The van der Waals surface area contributed by atoms with Crippen LogP contribution in [0.15, 0.2) is 78.9 Å². The number of anilines is 1. The summed E-state index contributed by atoms with van der Waals surface area (Å²) in [5, 5.41) is 5.93. The number of hydrogen-bond donors (Lipinski definition) is 2. The van der Waals surface area contributed by atoms with Crippen molar-refractivity contribution in [2.24, 2.45) is 0 Å². The average molecular weight is 435 g/mol. The molecule has 160 valence electrons. The lowest BCUT2D eigenvalue weighted by Crippen LogP contribution is -2.34. The largest absolute Gasteiger partial charge is 0.491 e. The maximum absolute atomic E-state index is 12.5. The van der Waals surface area contributed by atoms with Crippen LogP contribution in [0.1, 0.15) is 36.2 Å². The van der Waals surface area contributed by atoms with Crippen molar-refractivity contribution in [2.75, 3.05) is 5.32 Å². The summed E-state index contributed by atoms with van der Waals surface area (Å²) in [4.78, 5) is 12.5. The second kappa shape index (κ2) is 11.1. The lowest BCUT2D eigenvalue weighted by Gasteiger charge is -2.13. The molecule has 0 aliphatic carbocycles. The highest BCUT2D eigenvalue weighted by Crippen LogP contribution is 2.19. The first-order valence-electron chi connectivity index (χ1n) is 10.2. The maximum atomic E-state index is 12.5. The van der Waals surface area contributed by atoms with E-state index in [2.05, 4.69) is 17.6 Å². The van der Waals surface area contributed by atoms with Crippen molar-refractivity contribution in [3.8, 4) is 11.5 Å². The van der Waals surface area contributed by atoms with Crippen LogP contribution in [0.3, 0.4) is 0 Å². The van der Waals surface area contributed by atoms with Gasteiger partial charge in [0.1, 0.15) is 18.1 Å². The zero-order valence-electron chi connectivity index (χ0n) is 17.6. The first-order valence-corrected chi connectivity index (χ1v) is 10.6. The Bertz CT molecular complexity index is 1010. The van der Waals surface area contributed by atoms with E-state index in [1.165, 1.54) is 0 Å². The predicted molar refractivity (Wildman–Crippen MR) is 128 cm³/mol. The highest BCUT2D eigenvalue weighted by atomic mass is 32.1. The normalized spacial score (nSPS) is 11.3. The molecule has 0 aliphatic heterocycles. The lowest BCUT2D eigenvalue weighted by molar-refractivity contribution is 0.0977. The third kappa shape index (κ3) is 7.12. The fraction of sp³-hybridized carbons (Fsp3) is 0.200. The van der Waals surface area contributed by atoms with E-state index in [1.807, 2.05) is 61.5 Å². The van der Waals surface area contributed by atoms with Gasteiger partial charge in [0, 0.05) is 17.3 Å². The standard InChI is InChI=1S/C25H26N2O3S/c1-3-18(2)30-22-14-12-20(13-15-22)24(28)27-25(31)26-21-10-7-11-23(16-21)29-17-19-8-5-4-6-9-19/h4-16,18H,3,17H2,1-2H3,(H2,26,27,28,31). The summed E-state index contributed by atoms with van der Waals surface area (Å²) in [5.74, 6) is 1.16. The van der Waals surface area contributed by atoms with Crippen LogP contribution in [-0.4, -0.2) is 17.1 Å². The average Bonchev–Trinajstić information content (AvgIpc) is 2.79. The molecule has 3 aromatic carbocycles. The highest BCUT2D eigenvalue weighted by Gasteiger charge is 2.09. The van der Waals surface area contributed by atoms with Crippen LogP contribution in [0.25, 0.3) is 0 Å². The van der Waals surface area contributed by atoms with Crippen molar-refractivity contribution < 1.29 is 14.3 Å². The van der Waals surface area contributed by atoms with E-state index in [0.717, 1.165) is 23.4 Å². The molecule has 0 aliphatic rings. The molecular weight excluding hydrogens is 408 g/mol. The van der Waals surface area contributed by atoms with Crippen molar-refractivity contribution >= 4 is 28.9 Å². The second-order valence-electron chi connectivity index (χ2n) is 7.07. The van der Waals surface area contributed by atoms with Crippen LogP contribution in [0.5, 0.6) is 11.5 Å². The van der Waals surface area contributed by atoms with E-state index in [0.29, 0.717) is 17.9 Å². The van der Waals surface area contributed by atoms with Crippen molar-refractivity contribution in [1.82, 2.24) is 5.32 Å². The number of carbonyl (C=O) groups excluding carboxylic acids is 1. The van der Waals surface area contributed by atoms with E-state index in [1.54, 1.807) is 24.3 Å². The summed E-state index contributed by atoms with van der Waals surface area (Å²) >= 11 is 5.29. The number of nitrogens with one attached hydrogen (secondary N) is 2. The molecule has 0 saturated carbocycles. The first kappa shape index (κ1) is 22.3. The highest BCUT2D eigenvalue weighted by molar-refractivity contribution is 7.80. The van der Waals surface area contributed by atoms with Gasteiger partial charge >= 0.3 is 0 Å². The molecule has 0 aromatic heterocycles. The molecule has 0 saturated heterocycles. The van der Waals surface area contributed by atoms with Crippen molar-refractivity contribution in [3.05, 3.63) is 90.0 Å². The molecule has 31 heavy (non-hydrogen) atoms. The van der Waals surface area contributed by atoms with Gasteiger partial charge < -0.3 is 14.8 Å². The van der Waals surface area contributed by atoms with Gasteiger partial charge in [-0.15, -0.1) is 0 Å². The third-order valence-electron chi connectivity index (χ3n) is 4.60. The van der Waals surface area contributed by atoms with Gasteiger partial charge in [0.15, 0.2) is 5.11 Å². The summed E-state index contributed by atoms with van der Waals surface area (Å²) in [7, 11) is 0. The molecule has 0 spiro atoms. The Labute approximate surface area is 188 Å². The quantitative estimate of drug-likeness (QED) is 0.454. The fourth-order valence-electron chi connectivity index (χ4n) is 2.74. The summed E-state index contributed by atoms with van der Waals surface area (Å²) in [6, 6.07) is 24.4. The maximum Gasteiger partial charge on any atom is 0.257 e. The molecule has 2 N–H and O–H groups in total. The number of amides is 1. The molecule has 5 nitrogen and oxygen atoms in total. The predicted octanol–water partition coefficient (Wildman–Crippen LogP) is 5.57. The Hall–Kier alpha value is -3.38. The van der Waals surface area contributed by atoms with Crippen molar-refractivity contribution in [3.63, 3.8) is 0 Å². The zero-order chi connectivity index (χ0) is 22.1. The molecular formula is C25H26N2O3S. The minimum Gasteiger partial charge on any atom is -0.491 e. The van der Waals surface area contributed by atoms with Crippen LogP contribution in [0, 0.1) is 0 Å². The SMILES string of the molecule is CCC(C)Oc1ccc(C(=O)NC(=S)Nc2cccc(OCc3ccccc3)c2)cc1. The molecule has 0 bridgehead atoms. The minimum atomic E-state index is -0.288. The Morgan fingerprint density at radius 2 is 1.71 bits per heavy atom. The third-order valence-corrected chi connectivity index (χ3v) is 4.80. The number of thiocarbonyl (C=S) groups is 1. The number of benzene rings is 3. The van der Waals surface area contributed by atoms with Gasteiger partial charge in [-0.05, 0) is 67.5 Å². The molecule has 3 rings (SSSR count). The molecule has 1 unspecified atom stereocenters. The van der Waals surface area contributed by atoms with E-state index < -0.39 is 0 Å². The van der Waals surface area contributed by atoms with Crippen LogP contribution in [0.2, 0.25) is 0 Å². The van der Waals surface area contributed by atoms with Crippen LogP contribution in [0.4, 0.5) is 5.69 Å².